The molecular weight excluding hydrogens is 368 g/mol. The number of hydrogen-bond acceptors (Lipinski definition) is 4. The third kappa shape index (κ3) is 4.27. The summed E-state index contributed by atoms with van der Waals surface area (Å²) in [5.74, 6) is 0.784. The molecule has 0 saturated carbocycles. The summed E-state index contributed by atoms with van der Waals surface area (Å²) < 4.78 is 11.4. The van der Waals surface area contributed by atoms with Crippen LogP contribution in [0.1, 0.15) is 29.3 Å². The zero-order chi connectivity index (χ0) is 20.2. The van der Waals surface area contributed by atoms with Crippen LogP contribution in [0.15, 0.2) is 54.6 Å². The van der Waals surface area contributed by atoms with Gasteiger partial charge in [0.1, 0.15) is 5.75 Å². The lowest BCUT2D eigenvalue weighted by atomic mass is 10.1. The number of hydrogen-bond donors (Lipinski definition) is 0. The van der Waals surface area contributed by atoms with Crippen molar-refractivity contribution < 1.29 is 19.1 Å². The first-order chi connectivity index (χ1) is 14.2. The molecule has 2 aliphatic heterocycles. The quantitative estimate of drug-likeness (QED) is 0.783. The molecule has 2 fully saturated rings. The maximum atomic E-state index is 13.0. The Bertz CT molecular complexity index is 853. The van der Waals surface area contributed by atoms with Crippen molar-refractivity contribution in [3.8, 4) is 5.75 Å². The molecule has 2 amide bonds. The van der Waals surface area contributed by atoms with E-state index in [0.29, 0.717) is 44.8 Å². The molecular formula is C23H26N2O4. The Kier molecular flexibility index (Phi) is 5.81. The summed E-state index contributed by atoms with van der Waals surface area (Å²) >= 11 is 0. The van der Waals surface area contributed by atoms with Gasteiger partial charge < -0.3 is 19.3 Å². The molecule has 29 heavy (non-hydrogen) atoms. The smallest absolute Gasteiger partial charge is 0.254 e. The van der Waals surface area contributed by atoms with Gasteiger partial charge >= 0.3 is 0 Å². The fourth-order valence-electron chi connectivity index (χ4n) is 4.04. The first-order valence-corrected chi connectivity index (χ1v) is 10.1. The normalized spacial score (nSPS) is 21.6. The second-order valence-corrected chi connectivity index (χ2v) is 7.40. The van der Waals surface area contributed by atoms with E-state index in [1.54, 1.807) is 17.0 Å². The van der Waals surface area contributed by atoms with E-state index < -0.39 is 0 Å². The summed E-state index contributed by atoms with van der Waals surface area (Å²) in [6, 6.07) is 17.0. The minimum Gasteiger partial charge on any atom is -0.494 e. The van der Waals surface area contributed by atoms with Crippen LogP contribution in [0.25, 0.3) is 0 Å². The fraction of sp³-hybridized carbons (Fsp3) is 0.391. The number of likely N-dealkylation sites (tertiary alicyclic amines) is 1. The minimum atomic E-state index is -0.156. The summed E-state index contributed by atoms with van der Waals surface area (Å²) in [6.07, 6.45) is 0.226. The highest BCUT2D eigenvalue weighted by Gasteiger charge is 2.43. The van der Waals surface area contributed by atoms with Crippen molar-refractivity contribution in [1.82, 2.24) is 9.80 Å². The Morgan fingerprint density at radius 2 is 1.86 bits per heavy atom. The maximum absolute atomic E-state index is 13.0. The Morgan fingerprint density at radius 3 is 2.59 bits per heavy atom. The number of carbonyl (C=O) groups is 2. The van der Waals surface area contributed by atoms with Gasteiger partial charge in [0.05, 0.1) is 31.8 Å². The lowest BCUT2D eigenvalue weighted by Gasteiger charge is -2.29. The molecule has 0 aromatic heterocycles. The van der Waals surface area contributed by atoms with Gasteiger partial charge in [-0.15, -0.1) is 0 Å². The van der Waals surface area contributed by atoms with Crippen LogP contribution in [0.3, 0.4) is 0 Å². The van der Waals surface area contributed by atoms with E-state index in [-0.39, 0.29) is 24.0 Å². The van der Waals surface area contributed by atoms with Gasteiger partial charge in [0.15, 0.2) is 0 Å². The van der Waals surface area contributed by atoms with E-state index >= 15 is 0 Å². The largest absolute Gasteiger partial charge is 0.494 e. The summed E-state index contributed by atoms with van der Waals surface area (Å²) in [5, 5.41) is 0. The molecule has 0 spiro atoms. The van der Waals surface area contributed by atoms with E-state index in [1.165, 1.54) is 0 Å². The Morgan fingerprint density at radius 1 is 1.10 bits per heavy atom. The molecule has 4 rings (SSSR count). The molecule has 0 radical (unpaired) electrons. The first kappa shape index (κ1) is 19.5. The van der Waals surface area contributed by atoms with Crippen molar-refractivity contribution in [3.63, 3.8) is 0 Å². The van der Waals surface area contributed by atoms with Crippen LogP contribution in [-0.4, -0.2) is 60.1 Å². The molecule has 0 bridgehead atoms. The molecule has 0 unspecified atom stereocenters. The van der Waals surface area contributed by atoms with Gasteiger partial charge in [0.2, 0.25) is 5.91 Å². The average Bonchev–Trinajstić information content (AvgIpc) is 3.11. The number of benzene rings is 2. The zero-order valence-corrected chi connectivity index (χ0v) is 16.6. The lowest BCUT2D eigenvalue weighted by molar-refractivity contribution is -0.133. The highest BCUT2D eigenvalue weighted by molar-refractivity contribution is 5.94. The van der Waals surface area contributed by atoms with Crippen molar-refractivity contribution in [3.05, 3.63) is 65.7 Å². The van der Waals surface area contributed by atoms with Crippen LogP contribution >= 0.6 is 0 Å². The number of amides is 2. The summed E-state index contributed by atoms with van der Waals surface area (Å²) in [5.41, 5.74) is 1.70. The highest BCUT2D eigenvalue weighted by Crippen LogP contribution is 2.26. The third-order valence-corrected chi connectivity index (χ3v) is 5.50. The van der Waals surface area contributed by atoms with Crippen molar-refractivity contribution in [2.45, 2.75) is 32.0 Å². The van der Waals surface area contributed by atoms with Gasteiger partial charge in [-0.1, -0.05) is 30.3 Å². The second kappa shape index (κ2) is 8.66. The van der Waals surface area contributed by atoms with E-state index in [9.17, 15) is 9.59 Å². The molecule has 2 atom stereocenters. The van der Waals surface area contributed by atoms with E-state index in [2.05, 4.69) is 0 Å². The van der Waals surface area contributed by atoms with Gasteiger partial charge in [0, 0.05) is 25.2 Å². The van der Waals surface area contributed by atoms with Crippen molar-refractivity contribution in [2.24, 2.45) is 0 Å². The van der Waals surface area contributed by atoms with E-state index in [4.69, 9.17) is 9.47 Å². The molecule has 0 N–H and O–H groups in total. The molecule has 6 nitrogen and oxygen atoms in total. The van der Waals surface area contributed by atoms with Crippen LogP contribution in [0.5, 0.6) is 5.75 Å². The minimum absolute atomic E-state index is 0.0446. The third-order valence-electron chi connectivity index (χ3n) is 5.50. The van der Waals surface area contributed by atoms with Crippen molar-refractivity contribution in [2.75, 3.05) is 26.3 Å². The van der Waals surface area contributed by atoms with Gasteiger partial charge in [-0.2, -0.15) is 0 Å². The monoisotopic (exact) mass is 394 g/mol. The second-order valence-electron chi connectivity index (χ2n) is 7.40. The van der Waals surface area contributed by atoms with E-state index in [1.807, 2.05) is 54.3 Å². The summed E-state index contributed by atoms with van der Waals surface area (Å²) in [6.45, 7) is 4.43. The SMILES string of the molecule is CCOc1ccc(C(=O)N2C[C@@H]3OCCC(=O)N(Cc4ccccc4)[C@H]3C2)cc1. The fourth-order valence-corrected chi connectivity index (χ4v) is 4.04. The Labute approximate surface area is 171 Å². The van der Waals surface area contributed by atoms with E-state index in [0.717, 1.165) is 11.3 Å². The standard InChI is InChI=1S/C23H26N2O4/c1-2-28-19-10-8-18(9-11-19)23(27)24-15-20-21(16-24)29-13-12-22(26)25(20)14-17-6-4-3-5-7-17/h3-11,20-21H,2,12-16H2,1H3/t20-,21-/m0/s1. The number of carbonyl (C=O) groups excluding carboxylic acids is 2. The molecule has 2 aromatic carbocycles. The van der Waals surface area contributed by atoms with Crippen molar-refractivity contribution >= 4 is 11.8 Å². The number of fused-ring (bicyclic) bond motifs is 1. The Balaban J connectivity index is 1.50. The van der Waals surface area contributed by atoms with Crippen LogP contribution in [0, 0.1) is 0 Å². The topological polar surface area (TPSA) is 59.1 Å². The van der Waals surface area contributed by atoms with Gasteiger partial charge in [-0.3, -0.25) is 9.59 Å². The van der Waals surface area contributed by atoms with Gasteiger partial charge in [0.25, 0.3) is 5.91 Å². The number of ether oxygens (including phenoxy) is 2. The summed E-state index contributed by atoms with van der Waals surface area (Å²) in [4.78, 5) is 29.4. The maximum Gasteiger partial charge on any atom is 0.254 e. The lowest BCUT2D eigenvalue weighted by Crippen LogP contribution is -2.45. The Hall–Kier alpha value is -2.86. The van der Waals surface area contributed by atoms with Crippen LogP contribution in [0.2, 0.25) is 0 Å². The molecule has 152 valence electrons. The molecule has 2 aromatic rings. The molecule has 0 aliphatic carbocycles. The first-order valence-electron chi connectivity index (χ1n) is 10.1. The average molecular weight is 394 g/mol. The molecule has 2 saturated heterocycles. The summed E-state index contributed by atoms with van der Waals surface area (Å²) in [7, 11) is 0. The van der Waals surface area contributed by atoms with Gasteiger partial charge in [-0.05, 0) is 36.8 Å². The predicted octanol–water partition coefficient (Wildman–Crippen LogP) is 2.73. The van der Waals surface area contributed by atoms with Crippen LogP contribution < -0.4 is 4.74 Å². The van der Waals surface area contributed by atoms with Crippen molar-refractivity contribution in [1.29, 1.82) is 0 Å². The highest BCUT2D eigenvalue weighted by atomic mass is 16.5. The van der Waals surface area contributed by atoms with Crippen LogP contribution in [-0.2, 0) is 16.1 Å². The molecule has 2 heterocycles. The number of nitrogens with zero attached hydrogens (tertiary/aromatic N) is 2. The van der Waals surface area contributed by atoms with Crippen LogP contribution in [0.4, 0.5) is 0 Å². The zero-order valence-electron chi connectivity index (χ0n) is 16.6. The van der Waals surface area contributed by atoms with Gasteiger partial charge in [-0.25, -0.2) is 0 Å². The number of rotatable bonds is 5. The predicted molar refractivity (Wildman–Crippen MR) is 109 cm³/mol. The molecule has 2 aliphatic rings. The molecule has 6 heteroatoms.